The Morgan fingerprint density at radius 1 is 0.967 bits per heavy atom. The molecule has 0 fully saturated rings. The molecular formula is C24H25N5O. The van der Waals surface area contributed by atoms with Gasteiger partial charge in [0, 0.05) is 30.4 Å². The lowest BCUT2D eigenvalue weighted by atomic mass is 10.1. The maximum Gasteiger partial charge on any atom is 0.255 e. The van der Waals surface area contributed by atoms with E-state index in [9.17, 15) is 4.79 Å². The van der Waals surface area contributed by atoms with Crippen LogP contribution in [0.1, 0.15) is 34.2 Å². The molecule has 0 spiro atoms. The molecule has 30 heavy (non-hydrogen) atoms. The van der Waals surface area contributed by atoms with Gasteiger partial charge in [-0.05, 0) is 32.9 Å². The predicted octanol–water partition coefficient (Wildman–Crippen LogP) is 4.30. The summed E-state index contributed by atoms with van der Waals surface area (Å²) in [5, 5.41) is 12.3. The second-order valence-corrected chi connectivity index (χ2v) is 7.20. The Labute approximate surface area is 176 Å². The Kier molecular flexibility index (Phi) is 5.48. The lowest BCUT2D eigenvalue weighted by Crippen LogP contribution is -2.24. The number of hydrogen-bond acceptors (Lipinski definition) is 3. The van der Waals surface area contributed by atoms with Crippen molar-refractivity contribution in [2.45, 2.75) is 33.9 Å². The lowest BCUT2D eigenvalue weighted by molar-refractivity contribution is 0.0951. The second-order valence-electron chi connectivity index (χ2n) is 7.20. The number of amides is 1. The van der Waals surface area contributed by atoms with E-state index in [4.69, 9.17) is 5.10 Å². The number of nitrogens with zero attached hydrogens (tertiary/aromatic N) is 4. The van der Waals surface area contributed by atoms with E-state index >= 15 is 0 Å². The van der Waals surface area contributed by atoms with E-state index in [0.29, 0.717) is 17.8 Å². The summed E-state index contributed by atoms with van der Waals surface area (Å²) in [7, 11) is 0. The van der Waals surface area contributed by atoms with Crippen molar-refractivity contribution < 1.29 is 4.79 Å². The third-order valence-corrected chi connectivity index (χ3v) is 5.20. The van der Waals surface area contributed by atoms with Crippen LogP contribution in [0, 0.1) is 13.8 Å². The van der Waals surface area contributed by atoms with Gasteiger partial charge in [-0.25, -0.2) is 4.68 Å². The van der Waals surface area contributed by atoms with Gasteiger partial charge in [0.1, 0.15) is 5.69 Å². The molecule has 0 aliphatic heterocycles. The first-order valence-electron chi connectivity index (χ1n) is 10.1. The minimum Gasteiger partial charge on any atom is -0.348 e. The summed E-state index contributed by atoms with van der Waals surface area (Å²) in [4.78, 5) is 13.3. The molecule has 4 rings (SSSR count). The van der Waals surface area contributed by atoms with Crippen LogP contribution in [0.15, 0.2) is 66.9 Å². The van der Waals surface area contributed by atoms with Crippen LogP contribution in [0.3, 0.4) is 0 Å². The number of aryl methyl sites for hydroxylation is 2. The third kappa shape index (κ3) is 3.76. The monoisotopic (exact) mass is 399 g/mol. The summed E-state index contributed by atoms with van der Waals surface area (Å²) in [6.07, 6.45) is 1.98. The Hall–Kier alpha value is -3.67. The fourth-order valence-corrected chi connectivity index (χ4v) is 3.55. The van der Waals surface area contributed by atoms with E-state index in [1.54, 1.807) is 0 Å². The van der Waals surface area contributed by atoms with Crippen molar-refractivity contribution in [1.82, 2.24) is 24.9 Å². The number of nitrogens with one attached hydrogen (secondary N) is 1. The molecule has 2 aromatic carbocycles. The van der Waals surface area contributed by atoms with Crippen molar-refractivity contribution in [3.8, 4) is 16.9 Å². The van der Waals surface area contributed by atoms with Crippen molar-refractivity contribution in [2.24, 2.45) is 0 Å². The summed E-state index contributed by atoms with van der Waals surface area (Å²) >= 11 is 0. The molecule has 0 aliphatic carbocycles. The van der Waals surface area contributed by atoms with Crippen LogP contribution in [0.4, 0.5) is 0 Å². The van der Waals surface area contributed by atoms with Gasteiger partial charge in [0.2, 0.25) is 0 Å². The number of carbonyl (C=O) groups excluding carboxylic acids is 1. The van der Waals surface area contributed by atoms with Gasteiger partial charge in [0.05, 0.1) is 22.6 Å². The van der Waals surface area contributed by atoms with E-state index in [1.807, 2.05) is 97.0 Å². The van der Waals surface area contributed by atoms with Crippen molar-refractivity contribution >= 4 is 5.91 Å². The van der Waals surface area contributed by atoms with Gasteiger partial charge >= 0.3 is 0 Å². The summed E-state index contributed by atoms with van der Waals surface area (Å²) in [6.45, 7) is 7.16. The Balaban J connectivity index is 1.71. The Bertz CT molecular complexity index is 1160. The first kappa shape index (κ1) is 19.6. The number of carbonyl (C=O) groups is 1. The van der Waals surface area contributed by atoms with Crippen molar-refractivity contribution in [2.75, 3.05) is 0 Å². The minimum absolute atomic E-state index is 0.141. The molecule has 152 valence electrons. The lowest BCUT2D eigenvalue weighted by Gasteiger charge is -2.07. The van der Waals surface area contributed by atoms with Crippen LogP contribution in [0.25, 0.3) is 16.9 Å². The molecule has 2 heterocycles. The first-order chi connectivity index (χ1) is 14.6. The fraction of sp³-hybridized carbons (Fsp3) is 0.208. The molecule has 0 bridgehead atoms. The smallest absolute Gasteiger partial charge is 0.255 e. The summed E-state index contributed by atoms with van der Waals surface area (Å²) < 4.78 is 3.71. The van der Waals surface area contributed by atoms with Gasteiger partial charge in [-0.1, -0.05) is 48.5 Å². The maximum absolute atomic E-state index is 13.3. The van der Waals surface area contributed by atoms with Crippen LogP contribution in [0.5, 0.6) is 0 Å². The van der Waals surface area contributed by atoms with E-state index in [0.717, 1.165) is 34.7 Å². The van der Waals surface area contributed by atoms with Crippen molar-refractivity contribution in [1.29, 1.82) is 0 Å². The predicted molar refractivity (Wildman–Crippen MR) is 118 cm³/mol. The molecule has 0 radical (unpaired) electrons. The second kappa shape index (κ2) is 8.37. The Morgan fingerprint density at radius 3 is 2.27 bits per heavy atom. The maximum atomic E-state index is 13.3. The van der Waals surface area contributed by atoms with E-state index < -0.39 is 0 Å². The zero-order valence-corrected chi connectivity index (χ0v) is 17.5. The van der Waals surface area contributed by atoms with Gasteiger partial charge in [0.15, 0.2) is 0 Å². The third-order valence-electron chi connectivity index (χ3n) is 5.20. The normalized spacial score (nSPS) is 10.9. The average Bonchev–Trinajstić information content (AvgIpc) is 3.32. The number of aromatic nitrogens is 4. The highest BCUT2D eigenvalue weighted by Gasteiger charge is 2.23. The van der Waals surface area contributed by atoms with Gasteiger partial charge in [-0.3, -0.25) is 9.48 Å². The number of para-hydroxylation sites is 1. The highest BCUT2D eigenvalue weighted by molar-refractivity contribution is 6.01. The van der Waals surface area contributed by atoms with Crippen LogP contribution >= 0.6 is 0 Å². The minimum atomic E-state index is -0.141. The molecule has 6 nitrogen and oxygen atoms in total. The highest BCUT2D eigenvalue weighted by Crippen LogP contribution is 2.27. The van der Waals surface area contributed by atoms with Crippen molar-refractivity contribution in [3.05, 3.63) is 89.4 Å². The summed E-state index contributed by atoms with van der Waals surface area (Å²) in [6, 6.07) is 19.7. The van der Waals surface area contributed by atoms with Gasteiger partial charge in [-0.2, -0.15) is 10.2 Å². The number of benzene rings is 2. The summed E-state index contributed by atoms with van der Waals surface area (Å²) in [5.41, 5.74) is 5.85. The Morgan fingerprint density at radius 2 is 1.63 bits per heavy atom. The molecule has 2 aromatic heterocycles. The molecular weight excluding hydrogens is 374 g/mol. The average molecular weight is 399 g/mol. The molecule has 0 saturated carbocycles. The van der Waals surface area contributed by atoms with Gasteiger partial charge < -0.3 is 5.32 Å². The van der Waals surface area contributed by atoms with Crippen LogP contribution in [-0.2, 0) is 13.1 Å². The molecule has 1 N–H and O–H groups in total. The molecule has 0 aliphatic rings. The highest BCUT2D eigenvalue weighted by atomic mass is 16.1. The van der Waals surface area contributed by atoms with Crippen molar-refractivity contribution in [3.63, 3.8) is 0 Å². The molecule has 0 saturated heterocycles. The molecule has 6 heteroatoms. The quantitative estimate of drug-likeness (QED) is 0.526. The number of rotatable bonds is 6. The topological polar surface area (TPSA) is 64.7 Å². The molecule has 0 unspecified atom stereocenters. The van der Waals surface area contributed by atoms with E-state index in [-0.39, 0.29) is 5.91 Å². The van der Waals surface area contributed by atoms with Crippen LogP contribution < -0.4 is 5.32 Å². The zero-order chi connectivity index (χ0) is 21.1. The van der Waals surface area contributed by atoms with Crippen LogP contribution in [-0.4, -0.2) is 25.5 Å². The SMILES string of the molecule is CCn1cc(CNC(=O)c2c(-c3ccccc3)nn(-c3ccccc3)c2C)c(C)n1. The van der Waals surface area contributed by atoms with E-state index in [1.165, 1.54) is 0 Å². The standard InChI is InChI=1S/C24H25N5O/c1-4-28-16-20(17(2)26-28)15-25-24(30)22-18(3)29(21-13-9-6-10-14-21)27-23(22)19-11-7-5-8-12-19/h5-14,16H,4,15H2,1-3H3,(H,25,30). The first-order valence-corrected chi connectivity index (χ1v) is 10.1. The molecule has 1 amide bonds. The number of hydrogen-bond donors (Lipinski definition) is 1. The molecule has 0 atom stereocenters. The zero-order valence-electron chi connectivity index (χ0n) is 17.5. The van der Waals surface area contributed by atoms with Gasteiger partial charge in [-0.15, -0.1) is 0 Å². The van der Waals surface area contributed by atoms with E-state index in [2.05, 4.69) is 10.4 Å². The summed E-state index contributed by atoms with van der Waals surface area (Å²) in [5.74, 6) is -0.141. The van der Waals surface area contributed by atoms with Gasteiger partial charge in [0.25, 0.3) is 5.91 Å². The molecule has 4 aromatic rings. The van der Waals surface area contributed by atoms with Crippen LogP contribution in [0.2, 0.25) is 0 Å². The largest absolute Gasteiger partial charge is 0.348 e. The fourth-order valence-electron chi connectivity index (χ4n) is 3.55.